The number of aromatic nitrogens is 1. The molecular weight excluding hydrogens is 266 g/mol. The first-order chi connectivity index (χ1) is 7.79. The molecule has 3 aromatic rings. The van der Waals surface area contributed by atoms with Gasteiger partial charge in [-0.15, -0.1) is 0 Å². The average molecular weight is 274 g/mol. The number of fused-ring (bicyclic) bond motifs is 3. The van der Waals surface area contributed by atoms with Gasteiger partial charge in [0.15, 0.2) is 6.29 Å². The van der Waals surface area contributed by atoms with Crippen molar-refractivity contribution in [3.63, 3.8) is 0 Å². The number of hydrogen-bond donors (Lipinski definition) is 1. The highest BCUT2D eigenvalue weighted by molar-refractivity contribution is 9.10. The van der Waals surface area contributed by atoms with Crippen molar-refractivity contribution in [2.24, 2.45) is 0 Å². The molecule has 3 rings (SSSR count). The van der Waals surface area contributed by atoms with Crippen LogP contribution in [-0.2, 0) is 0 Å². The summed E-state index contributed by atoms with van der Waals surface area (Å²) in [5, 5.41) is 2.23. The second-order valence-electron chi connectivity index (χ2n) is 3.71. The highest BCUT2D eigenvalue weighted by Crippen LogP contribution is 2.29. The Labute approximate surface area is 100 Å². The number of hydrogen-bond acceptors (Lipinski definition) is 1. The second kappa shape index (κ2) is 3.46. The number of rotatable bonds is 1. The van der Waals surface area contributed by atoms with Crippen molar-refractivity contribution in [2.45, 2.75) is 0 Å². The lowest BCUT2D eigenvalue weighted by Crippen LogP contribution is -1.81. The van der Waals surface area contributed by atoms with Crippen molar-refractivity contribution >= 4 is 44.0 Å². The minimum absolute atomic E-state index is 0.678. The Balaban J connectivity index is 2.52. The third-order valence-corrected chi connectivity index (χ3v) is 3.44. The number of halogens is 1. The number of aldehydes is 1. The summed E-state index contributed by atoms with van der Waals surface area (Å²) in [6.45, 7) is 0. The zero-order valence-corrected chi connectivity index (χ0v) is 9.91. The quantitative estimate of drug-likeness (QED) is 0.671. The molecule has 1 heterocycles. The molecular formula is C13H8BrNO. The van der Waals surface area contributed by atoms with Gasteiger partial charge in [-0.25, -0.2) is 0 Å². The van der Waals surface area contributed by atoms with Crippen LogP contribution >= 0.6 is 15.9 Å². The van der Waals surface area contributed by atoms with E-state index in [1.54, 1.807) is 0 Å². The van der Waals surface area contributed by atoms with Gasteiger partial charge in [0.05, 0.1) is 0 Å². The van der Waals surface area contributed by atoms with E-state index in [4.69, 9.17) is 0 Å². The molecule has 0 atom stereocenters. The highest BCUT2D eigenvalue weighted by atomic mass is 79.9. The average Bonchev–Trinajstić information content (AvgIpc) is 2.65. The van der Waals surface area contributed by atoms with Crippen molar-refractivity contribution in [2.75, 3.05) is 0 Å². The monoisotopic (exact) mass is 273 g/mol. The molecule has 0 fully saturated rings. The van der Waals surface area contributed by atoms with E-state index in [1.165, 1.54) is 0 Å². The van der Waals surface area contributed by atoms with Crippen molar-refractivity contribution in [3.8, 4) is 0 Å². The molecule has 0 amide bonds. The number of para-hydroxylation sites is 1. The summed E-state index contributed by atoms with van der Waals surface area (Å²) in [5.74, 6) is 0. The Bertz CT molecular complexity index is 700. The molecule has 2 nitrogen and oxygen atoms in total. The van der Waals surface area contributed by atoms with Crippen LogP contribution < -0.4 is 0 Å². The molecule has 0 saturated heterocycles. The fourth-order valence-electron chi connectivity index (χ4n) is 1.98. The van der Waals surface area contributed by atoms with Crippen LogP contribution in [0.1, 0.15) is 10.4 Å². The van der Waals surface area contributed by atoms with Crippen LogP contribution in [0.2, 0.25) is 0 Å². The van der Waals surface area contributed by atoms with Gasteiger partial charge >= 0.3 is 0 Å². The van der Waals surface area contributed by atoms with Crippen LogP contribution in [0.5, 0.6) is 0 Å². The lowest BCUT2D eigenvalue weighted by atomic mass is 10.1. The molecule has 2 aromatic carbocycles. The fourth-order valence-corrected chi connectivity index (χ4v) is 2.42. The smallest absolute Gasteiger partial charge is 0.151 e. The predicted molar refractivity (Wildman–Crippen MR) is 68.9 cm³/mol. The maximum atomic E-state index is 10.9. The van der Waals surface area contributed by atoms with Crippen LogP contribution in [0.3, 0.4) is 0 Å². The zero-order valence-electron chi connectivity index (χ0n) is 8.33. The van der Waals surface area contributed by atoms with Gasteiger partial charge in [-0.1, -0.05) is 18.2 Å². The zero-order chi connectivity index (χ0) is 11.1. The normalized spacial score (nSPS) is 11.1. The first-order valence-electron chi connectivity index (χ1n) is 4.95. The largest absolute Gasteiger partial charge is 0.354 e. The molecule has 16 heavy (non-hydrogen) atoms. The molecule has 0 unspecified atom stereocenters. The van der Waals surface area contributed by atoms with Crippen molar-refractivity contribution in [3.05, 3.63) is 46.4 Å². The topological polar surface area (TPSA) is 32.9 Å². The Kier molecular flexibility index (Phi) is 2.07. The number of aromatic amines is 1. The first kappa shape index (κ1) is 9.60. The first-order valence-corrected chi connectivity index (χ1v) is 5.74. The minimum atomic E-state index is 0.678. The summed E-state index contributed by atoms with van der Waals surface area (Å²) in [7, 11) is 0. The third-order valence-electron chi connectivity index (χ3n) is 2.75. The Morgan fingerprint density at radius 2 is 1.88 bits per heavy atom. The van der Waals surface area contributed by atoms with Crippen molar-refractivity contribution < 1.29 is 4.79 Å². The van der Waals surface area contributed by atoms with E-state index in [0.29, 0.717) is 5.56 Å². The maximum absolute atomic E-state index is 10.9. The molecule has 0 bridgehead atoms. The van der Waals surface area contributed by atoms with E-state index in [1.807, 2.05) is 30.3 Å². The predicted octanol–water partition coefficient (Wildman–Crippen LogP) is 3.90. The van der Waals surface area contributed by atoms with E-state index >= 15 is 0 Å². The summed E-state index contributed by atoms with van der Waals surface area (Å²) < 4.78 is 0.821. The van der Waals surface area contributed by atoms with Gasteiger partial charge < -0.3 is 4.98 Å². The fraction of sp³-hybridized carbons (Fsp3) is 0. The van der Waals surface area contributed by atoms with Gasteiger partial charge in [0.25, 0.3) is 0 Å². The SMILES string of the molecule is O=Cc1cc2c(cc1Br)[nH]c1ccccc12. The number of benzene rings is 2. The lowest BCUT2D eigenvalue weighted by molar-refractivity contribution is 0.112. The molecule has 0 spiro atoms. The molecule has 0 aliphatic rings. The Morgan fingerprint density at radius 1 is 1.06 bits per heavy atom. The molecule has 78 valence electrons. The standard InChI is InChI=1S/C13H8BrNO/c14-11-6-13-10(5-8(11)7-16)9-3-1-2-4-12(9)15-13/h1-7,15H. The van der Waals surface area contributed by atoms with Crippen LogP contribution in [0, 0.1) is 0 Å². The summed E-state index contributed by atoms with van der Waals surface area (Å²) in [6.07, 6.45) is 0.866. The molecule has 0 radical (unpaired) electrons. The van der Waals surface area contributed by atoms with Gasteiger partial charge in [0.1, 0.15) is 0 Å². The number of H-pyrrole nitrogens is 1. The van der Waals surface area contributed by atoms with Gasteiger partial charge in [-0.2, -0.15) is 0 Å². The number of carbonyl (C=O) groups is 1. The highest BCUT2D eigenvalue weighted by Gasteiger charge is 2.07. The third kappa shape index (κ3) is 1.28. The van der Waals surface area contributed by atoms with E-state index in [-0.39, 0.29) is 0 Å². The van der Waals surface area contributed by atoms with Crippen molar-refractivity contribution in [1.82, 2.24) is 4.98 Å². The van der Waals surface area contributed by atoms with Crippen LogP contribution in [-0.4, -0.2) is 11.3 Å². The van der Waals surface area contributed by atoms with E-state index in [0.717, 1.165) is 32.6 Å². The molecule has 0 aliphatic carbocycles. The molecule has 0 aliphatic heterocycles. The molecule has 0 saturated carbocycles. The van der Waals surface area contributed by atoms with Crippen LogP contribution in [0.15, 0.2) is 40.9 Å². The second-order valence-corrected chi connectivity index (χ2v) is 4.56. The summed E-state index contributed by atoms with van der Waals surface area (Å²) >= 11 is 3.38. The van der Waals surface area contributed by atoms with Gasteiger partial charge in [-0.05, 0) is 34.1 Å². The summed E-state index contributed by atoms with van der Waals surface area (Å²) in [4.78, 5) is 14.2. The van der Waals surface area contributed by atoms with Gasteiger partial charge in [0, 0.05) is 31.8 Å². The summed E-state index contributed by atoms with van der Waals surface area (Å²) in [6, 6.07) is 11.9. The van der Waals surface area contributed by atoms with Crippen LogP contribution in [0.4, 0.5) is 0 Å². The van der Waals surface area contributed by atoms with Crippen molar-refractivity contribution in [1.29, 1.82) is 0 Å². The summed E-state index contributed by atoms with van der Waals surface area (Å²) in [5.41, 5.74) is 2.81. The Morgan fingerprint density at radius 3 is 2.69 bits per heavy atom. The number of carbonyl (C=O) groups excluding carboxylic acids is 1. The lowest BCUT2D eigenvalue weighted by Gasteiger charge is -1.96. The maximum Gasteiger partial charge on any atom is 0.151 e. The van der Waals surface area contributed by atoms with Gasteiger partial charge in [0.2, 0.25) is 0 Å². The minimum Gasteiger partial charge on any atom is -0.354 e. The molecule has 1 aromatic heterocycles. The van der Waals surface area contributed by atoms with E-state index in [9.17, 15) is 4.79 Å². The molecule has 1 N–H and O–H groups in total. The van der Waals surface area contributed by atoms with E-state index in [2.05, 4.69) is 27.0 Å². The Hall–Kier alpha value is -1.61. The number of nitrogens with one attached hydrogen (secondary N) is 1. The molecule has 3 heteroatoms. The van der Waals surface area contributed by atoms with Gasteiger partial charge in [-0.3, -0.25) is 4.79 Å². The van der Waals surface area contributed by atoms with Crippen LogP contribution in [0.25, 0.3) is 21.8 Å². The van der Waals surface area contributed by atoms with E-state index < -0.39 is 0 Å².